The summed E-state index contributed by atoms with van der Waals surface area (Å²) < 4.78 is 0. The minimum atomic E-state index is -0.173. The fourth-order valence-electron chi connectivity index (χ4n) is 2.37. The molecule has 1 aliphatic rings. The Bertz CT molecular complexity index is 240. The van der Waals surface area contributed by atoms with Gasteiger partial charge < -0.3 is 5.73 Å². The van der Waals surface area contributed by atoms with Crippen molar-refractivity contribution in [2.24, 2.45) is 11.1 Å². The number of rotatable bonds is 4. The van der Waals surface area contributed by atoms with E-state index in [1.807, 2.05) is 0 Å². The number of hydrogen-bond acceptors (Lipinski definition) is 2. The Hall–Kier alpha value is -0.570. The Kier molecular flexibility index (Phi) is 3.77. The summed E-state index contributed by atoms with van der Waals surface area (Å²) in [5, 5.41) is 0. The Morgan fingerprint density at radius 1 is 1.53 bits per heavy atom. The van der Waals surface area contributed by atoms with Crippen molar-refractivity contribution in [3.63, 3.8) is 0 Å². The number of likely N-dealkylation sites (tertiary alicyclic amines) is 1. The van der Waals surface area contributed by atoms with Gasteiger partial charge in [-0.25, -0.2) is 0 Å². The third-order valence-corrected chi connectivity index (χ3v) is 3.41. The minimum Gasteiger partial charge on any atom is -0.368 e. The van der Waals surface area contributed by atoms with E-state index in [1.165, 1.54) is 5.92 Å². The van der Waals surface area contributed by atoms with Crippen LogP contribution in [0.3, 0.4) is 0 Å². The van der Waals surface area contributed by atoms with Crippen LogP contribution in [0.5, 0.6) is 0 Å². The third kappa shape index (κ3) is 2.94. The molecule has 0 spiro atoms. The summed E-state index contributed by atoms with van der Waals surface area (Å²) in [6, 6.07) is -0.0650. The van der Waals surface area contributed by atoms with E-state index in [0.29, 0.717) is 0 Å². The number of amides is 1. The minimum absolute atomic E-state index is 0.0650. The Labute approximate surface area is 93.0 Å². The Balaban J connectivity index is 2.72. The van der Waals surface area contributed by atoms with E-state index in [9.17, 15) is 4.79 Å². The van der Waals surface area contributed by atoms with Crippen LogP contribution in [-0.2, 0) is 4.79 Å². The van der Waals surface area contributed by atoms with Gasteiger partial charge in [-0.2, -0.15) is 0 Å². The molecule has 15 heavy (non-hydrogen) atoms. The van der Waals surface area contributed by atoms with Gasteiger partial charge >= 0.3 is 0 Å². The first-order valence-corrected chi connectivity index (χ1v) is 5.70. The monoisotopic (exact) mass is 211 g/mol. The quantitative estimate of drug-likeness (QED) is 0.767. The molecule has 1 fully saturated rings. The van der Waals surface area contributed by atoms with E-state index >= 15 is 0 Å². The SMILES string of the molecule is CCC1(C)CC(C(N)=O)N(C[C](C)C)C1. The number of nitrogens with zero attached hydrogens (tertiary/aromatic N) is 1. The van der Waals surface area contributed by atoms with Gasteiger partial charge in [0, 0.05) is 13.1 Å². The first-order chi connectivity index (χ1) is 6.88. The molecule has 3 heteroatoms. The summed E-state index contributed by atoms with van der Waals surface area (Å²) in [6.45, 7) is 10.5. The van der Waals surface area contributed by atoms with Crippen molar-refractivity contribution in [2.45, 2.75) is 46.6 Å². The lowest BCUT2D eigenvalue weighted by Gasteiger charge is -2.24. The molecule has 0 aromatic rings. The molecule has 1 rings (SSSR count). The van der Waals surface area contributed by atoms with Crippen molar-refractivity contribution < 1.29 is 4.79 Å². The molecular weight excluding hydrogens is 188 g/mol. The van der Waals surface area contributed by atoms with E-state index in [4.69, 9.17) is 5.73 Å². The van der Waals surface area contributed by atoms with E-state index in [0.717, 1.165) is 25.9 Å². The van der Waals surface area contributed by atoms with E-state index in [-0.39, 0.29) is 17.4 Å². The molecule has 0 bridgehead atoms. The van der Waals surface area contributed by atoms with Crippen molar-refractivity contribution >= 4 is 5.91 Å². The maximum atomic E-state index is 11.4. The van der Waals surface area contributed by atoms with Crippen LogP contribution >= 0.6 is 0 Å². The van der Waals surface area contributed by atoms with Crippen LogP contribution in [0.1, 0.15) is 40.5 Å². The van der Waals surface area contributed by atoms with Crippen LogP contribution < -0.4 is 5.73 Å². The maximum Gasteiger partial charge on any atom is 0.234 e. The van der Waals surface area contributed by atoms with Crippen LogP contribution in [0.25, 0.3) is 0 Å². The van der Waals surface area contributed by atoms with Crippen molar-refractivity contribution in [3.05, 3.63) is 5.92 Å². The van der Waals surface area contributed by atoms with Crippen molar-refractivity contribution in [1.29, 1.82) is 0 Å². The molecule has 1 heterocycles. The molecule has 1 radical (unpaired) electrons. The van der Waals surface area contributed by atoms with Crippen LogP contribution in [0.2, 0.25) is 0 Å². The second-order valence-electron chi connectivity index (χ2n) is 5.40. The fourth-order valence-corrected chi connectivity index (χ4v) is 2.37. The second kappa shape index (κ2) is 4.52. The van der Waals surface area contributed by atoms with Gasteiger partial charge in [-0.05, 0) is 24.2 Å². The predicted molar refractivity (Wildman–Crippen MR) is 62.2 cm³/mol. The van der Waals surface area contributed by atoms with Crippen LogP contribution in [-0.4, -0.2) is 29.9 Å². The average molecular weight is 211 g/mol. The normalized spacial score (nSPS) is 32.5. The molecule has 2 atom stereocenters. The largest absolute Gasteiger partial charge is 0.368 e. The number of hydrogen-bond donors (Lipinski definition) is 1. The van der Waals surface area contributed by atoms with E-state index in [2.05, 4.69) is 32.6 Å². The van der Waals surface area contributed by atoms with Gasteiger partial charge in [-0.3, -0.25) is 9.69 Å². The lowest BCUT2D eigenvalue weighted by atomic mass is 9.85. The molecule has 0 aliphatic carbocycles. The summed E-state index contributed by atoms with van der Waals surface area (Å²) in [5.41, 5.74) is 5.71. The van der Waals surface area contributed by atoms with Crippen molar-refractivity contribution in [1.82, 2.24) is 4.90 Å². The molecule has 1 amide bonds. The average Bonchev–Trinajstić information content (AvgIpc) is 2.43. The molecule has 2 N–H and O–H groups in total. The van der Waals surface area contributed by atoms with Gasteiger partial charge in [0.2, 0.25) is 5.91 Å². The summed E-state index contributed by atoms with van der Waals surface area (Å²) >= 11 is 0. The van der Waals surface area contributed by atoms with Gasteiger partial charge in [0.05, 0.1) is 6.04 Å². The van der Waals surface area contributed by atoms with Crippen molar-refractivity contribution in [3.8, 4) is 0 Å². The first-order valence-electron chi connectivity index (χ1n) is 5.70. The lowest BCUT2D eigenvalue weighted by Crippen LogP contribution is -2.41. The number of primary amides is 1. The van der Waals surface area contributed by atoms with Crippen LogP contribution in [0.4, 0.5) is 0 Å². The summed E-state index contributed by atoms with van der Waals surface area (Å²) in [5.74, 6) is 1.16. The lowest BCUT2D eigenvalue weighted by molar-refractivity contribution is -0.122. The predicted octanol–water partition coefficient (Wildman–Crippen LogP) is 1.58. The number of carbonyl (C=O) groups excluding carboxylic acids is 1. The summed E-state index contributed by atoms with van der Waals surface area (Å²) in [6.07, 6.45) is 2.02. The molecule has 2 unspecified atom stereocenters. The van der Waals surface area contributed by atoms with Gasteiger partial charge in [0.1, 0.15) is 0 Å². The zero-order valence-electron chi connectivity index (χ0n) is 10.3. The number of carbonyl (C=O) groups is 1. The zero-order valence-corrected chi connectivity index (χ0v) is 10.3. The molecule has 0 aromatic carbocycles. The zero-order chi connectivity index (χ0) is 11.6. The molecule has 0 saturated carbocycles. The maximum absolute atomic E-state index is 11.4. The standard InChI is InChI=1S/C12H23N2O/c1-5-12(4)6-10(11(13)15)14(8-12)7-9(2)3/h10H,5-8H2,1-4H3,(H2,13,15). The Morgan fingerprint density at radius 2 is 2.13 bits per heavy atom. The second-order valence-corrected chi connectivity index (χ2v) is 5.40. The van der Waals surface area contributed by atoms with Gasteiger partial charge in [0.25, 0.3) is 0 Å². The van der Waals surface area contributed by atoms with Crippen molar-refractivity contribution in [2.75, 3.05) is 13.1 Å². The number of nitrogens with two attached hydrogens (primary N) is 1. The highest BCUT2D eigenvalue weighted by Gasteiger charge is 2.41. The molecule has 1 saturated heterocycles. The van der Waals surface area contributed by atoms with Crippen LogP contribution in [0, 0.1) is 11.3 Å². The fraction of sp³-hybridized carbons (Fsp3) is 0.833. The molecular formula is C12H23N2O. The smallest absolute Gasteiger partial charge is 0.234 e. The van der Waals surface area contributed by atoms with Gasteiger partial charge in [-0.15, -0.1) is 0 Å². The third-order valence-electron chi connectivity index (χ3n) is 3.41. The highest BCUT2D eigenvalue weighted by molar-refractivity contribution is 5.80. The molecule has 87 valence electrons. The molecule has 3 nitrogen and oxygen atoms in total. The van der Waals surface area contributed by atoms with E-state index in [1.54, 1.807) is 0 Å². The molecule has 1 aliphatic heterocycles. The first kappa shape index (κ1) is 12.5. The Morgan fingerprint density at radius 3 is 2.53 bits per heavy atom. The van der Waals surface area contributed by atoms with Crippen LogP contribution in [0.15, 0.2) is 0 Å². The van der Waals surface area contributed by atoms with E-state index < -0.39 is 0 Å². The highest BCUT2D eigenvalue weighted by atomic mass is 16.1. The van der Waals surface area contributed by atoms with Gasteiger partial charge in [0.15, 0.2) is 0 Å². The summed E-state index contributed by atoms with van der Waals surface area (Å²) in [7, 11) is 0. The highest BCUT2D eigenvalue weighted by Crippen LogP contribution is 2.37. The van der Waals surface area contributed by atoms with Gasteiger partial charge in [-0.1, -0.05) is 27.7 Å². The summed E-state index contributed by atoms with van der Waals surface area (Å²) in [4.78, 5) is 13.6. The molecule has 0 aromatic heterocycles. The topological polar surface area (TPSA) is 46.3 Å².